The summed E-state index contributed by atoms with van der Waals surface area (Å²) in [5.41, 5.74) is 3.49. The van der Waals surface area contributed by atoms with E-state index in [1.165, 1.54) is 28.1 Å². The predicted octanol–water partition coefficient (Wildman–Crippen LogP) is 0.985. The average molecular weight is 306 g/mol. The van der Waals surface area contributed by atoms with E-state index in [2.05, 4.69) is 27.3 Å². The van der Waals surface area contributed by atoms with Crippen molar-refractivity contribution in [2.75, 3.05) is 0 Å². The van der Waals surface area contributed by atoms with E-state index >= 15 is 0 Å². The van der Waals surface area contributed by atoms with Gasteiger partial charge in [0, 0.05) is 26.2 Å². The summed E-state index contributed by atoms with van der Waals surface area (Å²) in [5, 5.41) is 7.47. The first-order valence-electron chi connectivity index (χ1n) is 6.93. The van der Waals surface area contributed by atoms with Gasteiger partial charge in [-0.2, -0.15) is 5.10 Å². The van der Waals surface area contributed by atoms with Crippen molar-refractivity contribution in [3.05, 3.63) is 47.2 Å². The molecule has 21 heavy (non-hydrogen) atoms. The van der Waals surface area contributed by atoms with Crippen LogP contribution in [0.1, 0.15) is 23.6 Å². The highest BCUT2D eigenvalue weighted by molar-refractivity contribution is 7.89. The Kier molecular flexibility index (Phi) is 3.79. The molecule has 6 nitrogen and oxygen atoms in total. The third-order valence-corrected chi connectivity index (χ3v) is 5.04. The topological polar surface area (TPSA) is 76.0 Å². The van der Waals surface area contributed by atoms with Crippen LogP contribution in [0.2, 0.25) is 0 Å². The second kappa shape index (κ2) is 5.59. The zero-order valence-corrected chi connectivity index (χ0v) is 12.7. The first kappa shape index (κ1) is 14.2. The summed E-state index contributed by atoms with van der Waals surface area (Å²) < 4.78 is 28.7. The molecular weight excluding hydrogens is 288 g/mol. The molecule has 2 aromatic rings. The van der Waals surface area contributed by atoms with Gasteiger partial charge < -0.3 is 5.32 Å². The number of hydrogen-bond acceptors (Lipinski definition) is 4. The lowest BCUT2D eigenvalue weighted by molar-refractivity contribution is 0.543. The molecule has 1 aliphatic heterocycles. The van der Waals surface area contributed by atoms with Gasteiger partial charge in [-0.05, 0) is 29.7 Å². The summed E-state index contributed by atoms with van der Waals surface area (Å²) in [7, 11) is -3.54. The minimum atomic E-state index is -3.54. The van der Waals surface area contributed by atoms with Crippen molar-refractivity contribution in [3.63, 3.8) is 0 Å². The Morgan fingerprint density at radius 3 is 2.90 bits per heavy atom. The van der Waals surface area contributed by atoms with Gasteiger partial charge in [0.1, 0.15) is 0 Å². The van der Waals surface area contributed by atoms with Crippen LogP contribution in [-0.2, 0) is 36.2 Å². The van der Waals surface area contributed by atoms with E-state index in [4.69, 9.17) is 0 Å². The molecule has 0 bridgehead atoms. The molecule has 0 saturated heterocycles. The van der Waals surface area contributed by atoms with Crippen molar-refractivity contribution < 1.29 is 8.42 Å². The van der Waals surface area contributed by atoms with E-state index in [0.717, 1.165) is 18.7 Å². The molecule has 0 spiro atoms. The van der Waals surface area contributed by atoms with Gasteiger partial charge in [-0.1, -0.05) is 18.2 Å². The van der Waals surface area contributed by atoms with Gasteiger partial charge in [0.15, 0.2) is 5.03 Å². The summed E-state index contributed by atoms with van der Waals surface area (Å²) in [6.45, 7) is 4.40. The van der Waals surface area contributed by atoms with Crippen molar-refractivity contribution in [3.8, 4) is 0 Å². The smallest absolute Gasteiger partial charge is 0.258 e. The summed E-state index contributed by atoms with van der Waals surface area (Å²) in [6.07, 6.45) is 1.50. The van der Waals surface area contributed by atoms with Gasteiger partial charge in [-0.15, -0.1) is 0 Å². The van der Waals surface area contributed by atoms with Crippen molar-refractivity contribution >= 4 is 10.0 Å². The number of benzene rings is 1. The normalized spacial score (nSPS) is 14.3. The van der Waals surface area contributed by atoms with E-state index < -0.39 is 10.0 Å². The number of nitrogens with zero attached hydrogens (tertiary/aromatic N) is 2. The fourth-order valence-electron chi connectivity index (χ4n) is 2.50. The lowest BCUT2D eigenvalue weighted by atomic mass is 10.1. The van der Waals surface area contributed by atoms with Crippen molar-refractivity contribution in [1.82, 2.24) is 19.8 Å². The lowest BCUT2D eigenvalue weighted by Gasteiger charge is -2.09. The maximum atomic E-state index is 12.3. The maximum absolute atomic E-state index is 12.3. The summed E-state index contributed by atoms with van der Waals surface area (Å²) in [5.74, 6) is 0. The van der Waals surface area contributed by atoms with E-state index in [-0.39, 0.29) is 11.6 Å². The van der Waals surface area contributed by atoms with Crippen LogP contribution >= 0.6 is 0 Å². The van der Waals surface area contributed by atoms with Crippen LogP contribution in [0.3, 0.4) is 0 Å². The Labute approximate surface area is 124 Å². The number of fused-ring (bicyclic) bond motifs is 1. The zero-order chi connectivity index (χ0) is 14.9. The third kappa shape index (κ3) is 2.85. The van der Waals surface area contributed by atoms with Crippen LogP contribution < -0.4 is 10.0 Å². The standard InChI is InChI=1S/C14H18N4O2S/c1-2-18-14(5-6-16-18)21(19,20)17-8-11-3-4-12-9-15-10-13(12)7-11/h3-7,15,17H,2,8-10H2,1H3. The first-order chi connectivity index (χ1) is 10.1. The predicted molar refractivity (Wildman–Crippen MR) is 78.9 cm³/mol. The van der Waals surface area contributed by atoms with E-state index in [0.29, 0.717) is 6.54 Å². The molecule has 2 heterocycles. The molecule has 1 aliphatic rings. The van der Waals surface area contributed by atoms with Crippen LogP contribution in [0.15, 0.2) is 35.5 Å². The molecule has 0 unspecified atom stereocenters. The number of nitrogens with one attached hydrogen (secondary N) is 2. The molecule has 3 rings (SSSR count). The summed E-state index contributed by atoms with van der Waals surface area (Å²) in [4.78, 5) is 0. The van der Waals surface area contributed by atoms with Crippen molar-refractivity contribution in [2.24, 2.45) is 0 Å². The number of aryl methyl sites for hydroxylation is 1. The molecular formula is C14H18N4O2S. The number of aromatic nitrogens is 2. The Hall–Kier alpha value is -1.70. The third-order valence-electron chi connectivity index (χ3n) is 3.62. The van der Waals surface area contributed by atoms with Crippen LogP contribution in [-0.4, -0.2) is 18.2 Å². The Morgan fingerprint density at radius 2 is 2.10 bits per heavy atom. The molecule has 1 aromatic carbocycles. The highest BCUT2D eigenvalue weighted by Gasteiger charge is 2.19. The number of rotatable bonds is 5. The van der Waals surface area contributed by atoms with Crippen LogP contribution in [0.5, 0.6) is 0 Å². The minimum Gasteiger partial charge on any atom is -0.309 e. The van der Waals surface area contributed by atoms with E-state index in [1.54, 1.807) is 0 Å². The Morgan fingerprint density at radius 1 is 1.29 bits per heavy atom. The van der Waals surface area contributed by atoms with Gasteiger partial charge in [0.05, 0.1) is 6.20 Å². The molecule has 0 saturated carbocycles. The van der Waals surface area contributed by atoms with Crippen LogP contribution in [0.4, 0.5) is 0 Å². The Balaban J connectivity index is 1.75. The van der Waals surface area contributed by atoms with Crippen LogP contribution in [0.25, 0.3) is 0 Å². The van der Waals surface area contributed by atoms with Gasteiger partial charge in [0.25, 0.3) is 10.0 Å². The highest BCUT2D eigenvalue weighted by atomic mass is 32.2. The zero-order valence-electron chi connectivity index (χ0n) is 11.8. The molecule has 1 aromatic heterocycles. The monoisotopic (exact) mass is 306 g/mol. The first-order valence-corrected chi connectivity index (χ1v) is 8.41. The fourth-order valence-corrected chi connectivity index (χ4v) is 3.69. The van der Waals surface area contributed by atoms with Crippen molar-refractivity contribution in [2.45, 2.75) is 38.1 Å². The molecule has 2 N–H and O–H groups in total. The SMILES string of the molecule is CCn1nccc1S(=O)(=O)NCc1ccc2c(c1)CNC2. The molecule has 0 radical (unpaired) electrons. The van der Waals surface area contributed by atoms with Crippen molar-refractivity contribution in [1.29, 1.82) is 0 Å². The molecule has 0 atom stereocenters. The number of sulfonamides is 1. The highest BCUT2D eigenvalue weighted by Crippen LogP contribution is 2.17. The number of hydrogen-bond donors (Lipinski definition) is 2. The maximum Gasteiger partial charge on any atom is 0.258 e. The van der Waals surface area contributed by atoms with Gasteiger partial charge in [0.2, 0.25) is 0 Å². The molecule has 0 fully saturated rings. The quantitative estimate of drug-likeness (QED) is 0.863. The van der Waals surface area contributed by atoms with E-state index in [1.807, 2.05) is 13.0 Å². The largest absolute Gasteiger partial charge is 0.309 e. The fraction of sp³-hybridized carbons (Fsp3) is 0.357. The summed E-state index contributed by atoms with van der Waals surface area (Å²) in [6, 6.07) is 7.58. The average Bonchev–Trinajstić information content (AvgIpc) is 3.13. The molecule has 112 valence electrons. The minimum absolute atomic E-state index is 0.202. The van der Waals surface area contributed by atoms with Gasteiger partial charge in [-0.25, -0.2) is 13.1 Å². The Bertz CT molecular complexity index is 752. The second-order valence-electron chi connectivity index (χ2n) is 5.02. The molecule has 7 heteroatoms. The molecule has 0 amide bonds. The second-order valence-corrected chi connectivity index (χ2v) is 6.73. The van der Waals surface area contributed by atoms with Gasteiger partial charge in [-0.3, -0.25) is 4.68 Å². The lowest BCUT2D eigenvalue weighted by Crippen LogP contribution is -2.25. The van der Waals surface area contributed by atoms with Gasteiger partial charge >= 0.3 is 0 Å². The van der Waals surface area contributed by atoms with E-state index in [9.17, 15) is 8.42 Å². The summed E-state index contributed by atoms with van der Waals surface area (Å²) >= 11 is 0. The van der Waals surface area contributed by atoms with Crippen LogP contribution in [0, 0.1) is 0 Å². The molecule has 0 aliphatic carbocycles.